The van der Waals surface area contributed by atoms with E-state index in [2.05, 4.69) is 11.3 Å². The molecule has 0 bridgehead atoms. The van der Waals surface area contributed by atoms with Gasteiger partial charge in [0.2, 0.25) is 0 Å². The lowest BCUT2D eigenvalue weighted by Gasteiger charge is -2.08. The second-order valence-corrected chi connectivity index (χ2v) is 2.78. The van der Waals surface area contributed by atoms with Crippen molar-refractivity contribution >= 4 is 5.97 Å². The van der Waals surface area contributed by atoms with Gasteiger partial charge in [-0.05, 0) is 6.92 Å². The number of esters is 1. The summed E-state index contributed by atoms with van der Waals surface area (Å²) >= 11 is 0. The van der Waals surface area contributed by atoms with Gasteiger partial charge in [0, 0.05) is 5.57 Å². The molecule has 0 spiro atoms. The fraction of sp³-hybridized carbons (Fsp3) is 0.625. The molecule has 0 aromatic rings. The summed E-state index contributed by atoms with van der Waals surface area (Å²) in [5.74, 6) is -0.468. The Morgan fingerprint density at radius 2 is 2.46 bits per heavy atom. The summed E-state index contributed by atoms with van der Waals surface area (Å²) in [4.78, 5) is 10.9. The highest BCUT2D eigenvalue weighted by Crippen LogP contribution is 2.09. The maximum atomic E-state index is 10.9. The lowest BCUT2D eigenvalue weighted by Crippen LogP contribution is -2.21. The summed E-state index contributed by atoms with van der Waals surface area (Å²) in [6.45, 7) is 4.08. The van der Waals surface area contributed by atoms with E-state index in [-0.39, 0.29) is 13.2 Å². The summed E-state index contributed by atoms with van der Waals surface area (Å²) in [6, 6.07) is 0. The number of carbonyl (C=O) groups is 1. The summed E-state index contributed by atoms with van der Waals surface area (Å²) in [6.07, 6.45) is -0.390. The first kappa shape index (κ1) is 10.2. The molecule has 2 atom stereocenters. The van der Waals surface area contributed by atoms with Gasteiger partial charge in [-0.1, -0.05) is 6.58 Å². The third kappa shape index (κ3) is 3.14. The van der Waals surface area contributed by atoms with Crippen molar-refractivity contribution in [1.82, 2.24) is 0 Å². The van der Waals surface area contributed by atoms with E-state index in [4.69, 9.17) is 14.6 Å². The number of hydrogen-bond donors (Lipinski definition) is 1. The Morgan fingerprint density at radius 1 is 1.77 bits per heavy atom. The van der Waals surface area contributed by atoms with E-state index in [1.165, 1.54) is 0 Å². The quantitative estimate of drug-likeness (QED) is 0.490. The molecule has 1 fully saturated rings. The van der Waals surface area contributed by atoms with E-state index in [0.29, 0.717) is 5.57 Å². The maximum absolute atomic E-state index is 10.9. The molecule has 0 radical (unpaired) electrons. The molecule has 13 heavy (non-hydrogen) atoms. The number of ether oxygens (including phenoxy) is 3. The van der Waals surface area contributed by atoms with Crippen LogP contribution in [0.4, 0.5) is 0 Å². The molecule has 74 valence electrons. The molecule has 1 rings (SSSR count). The molecule has 5 heteroatoms. The van der Waals surface area contributed by atoms with Gasteiger partial charge in [0.1, 0.15) is 12.7 Å². The number of carbonyl (C=O) groups excluding carboxylic acids is 1. The lowest BCUT2D eigenvalue weighted by molar-refractivity contribution is -0.207. The highest BCUT2D eigenvalue weighted by Gasteiger charge is 2.25. The van der Waals surface area contributed by atoms with Crippen molar-refractivity contribution in [2.24, 2.45) is 0 Å². The molecule has 1 aliphatic heterocycles. The SMILES string of the molecule is C=C(C)C(=O)OCC1COC(O)O1. The smallest absolute Gasteiger partial charge is 0.333 e. The van der Waals surface area contributed by atoms with Gasteiger partial charge in [-0.3, -0.25) is 0 Å². The van der Waals surface area contributed by atoms with Gasteiger partial charge in [0.15, 0.2) is 0 Å². The molecule has 1 heterocycles. The van der Waals surface area contributed by atoms with E-state index in [1.54, 1.807) is 6.92 Å². The number of hydrogen-bond acceptors (Lipinski definition) is 5. The van der Waals surface area contributed by atoms with Crippen LogP contribution in [0.3, 0.4) is 0 Å². The molecule has 0 saturated carbocycles. The Morgan fingerprint density at radius 3 is 2.92 bits per heavy atom. The molecule has 0 aliphatic carbocycles. The molecule has 0 aromatic heterocycles. The van der Waals surface area contributed by atoms with Crippen LogP contribution in [0.5, 0.6) is 0 Å². The monoisotopic (exact) mass is 188 g/mol. The Kier molecular flexibility index (Phi) is 3.41. The summed E-state index contributed by atoms with van der Waals surface area (Å²) in [5, 5.41) is 8.77. The van der Waals surface area contributed by atoms with Crippen molar-refractivity contribution in [1.29, 1.82) is 0 Å². The summed E-state index contributed by atoms with van der Waals surface area (Å²) in [7, 11) is 0. The standard InChI is InChI=1S/C8H12O5/c1-5(2)7(9)11-3-6-4-12-8(10)13-6/h6,8,10H,1,3-4H2,2H3. The van der Waals surface area contributed by atoms with Gasteiger partial charge >= 0.3 is 5.97 Å². The van der Waals surface area contributed by atoms with Crippen LogP contribution >= 0.6 is 0 Å². The summed E-state index contributed by atoms with van der Waals surface area (Å²) < 4.78 is 14.3. The van der Waals surface area contributed by atoms with Gasteiger partial charge in [-0.15, -0.1) is 0 Å². The Labute approximate surface area is 75.9 Å². The van der Waals surface area contributed by atoms with E-state index < -0.39 is 18.5 Å². The summed E-state index contributed by atoms with van der Waals surface area (Å²) in [5.41, 5.74) is 0.333. The lowest BCUT2D eigenvalue weighted by atomic mass is 10.3. The second-order valence-electron chi connectivity index (χ2n) is 2.78. The maximum Gasteiger partial charge on any atom is 0.333 e. The van der Waals surface area contributed by atoms with Crippen LogP contribution in [0.2, 0.25) is 0 Å². The minimum Gasteiger partial charge on any atom is -0.459 e. The number of aliphatic hydroxyl groups excluding tert-OH is 1. The predicted molar refractivity (Wildman–Crippen MR) is 42.6 cm³/mol. The van der Waals surface area contributed by atoms with E-state index >= 15 is 0 Å². The van der Waals surface area contributed by atoms with Crippen LogP contribution in [0, 0.1) is 0 Å². The molecule has 1 aliphatic rings. The van der Waals surface area contributed by atoms with E-state index in [1.807, 2.05) is 0 Å². The Bertz CT molecular complexity index is 213. The Hall–Kier alpha value is -0.910. The van der Waals surface area contributed by atoms with Crippen LogP contribution in [0.25, 0.3) is 0 Å². The van der Waals surface area contributed by atoms with E-state index in [9.17, 15) is 4.79 Å². The third-order valence-corrected chi connectivity index (χ3v) is 1.48. The zero-order chi connectivity index (χ0) is 9.84. The Balaban J connectivity index is 2.20. The first-order valence-electron chi connectivity index (χ1n) is 3.87. The molecule has 0 amide bonds. The predicted octanol–water partition coefficient (Wildman–Crippen LogP) is -0.203. The van der Waals surface area contributed by atoms with Crippen molar-refractivity contribution < 1.29 is 24.1 Å². The van der Waals surface area contributed by atoms with E-state index in [0.717, 1.165) is 0 Å². The average Bonchev–Trinajstić information content (AvgIpc) is 2.47. The molecule has 0 aromatic carbocycles. The van der Waals surface area contributed by atoms with Gasteiger partial charge < -0.3 is 19.3 Å². The van der Waals surface area contributed by atoms with Gasteiger partial charge in [-0.25, -0.2) is 4.79 Å². The van der Waals surface area contributed by atoms with Gasteiger partial charge in [-0.2, -0.15) is 0 Å². The minimum atomic E-state index is -1.20. The normalized spacial score (nSPS) is 27.2. The van der Waals surface area contributed by atoms with Gasteiger partial charge in [0.05, 0.1) is 6.61 Å². The second kappa shape index (κ2) is 4.36. The van der Waals surface area contributed by atoms with Crippen molar-refractivity contribution in [2.45, 2.75) is 19.5 Å². The van der Waals surface area contributed by atoms with Crippen LogP contribution in [0.1, 0.15) is 6.92 Å². The van der Waals surface area contributed by atoms with Crippen molar-refractivity contribution in [2.75, 3.05) is 13.2 Å². The molecule has 1 saturated heterocycles. The van der Waals surface area contributed by atoms with Crippen molar-refractivity contribution in [3.63, 3.8) is 0 Å². The number of rotatable bonds is 3. The molecule has 1 N–H and O–H groups in total. The van der Waals surface area contributed by atoms with Crippen LogP contribution in [-0.2, 0) is 19.0 Å². The molecular weight excluding hydrogens is 176 g/mol. The zero-order valence-electron chi connectivity index (χ0n) is 7.36. The van der Waals surface area contributed by atoms with Gasteiger partial charge in [0.25, 0.3) is 6.48 Å². The highest BCUT2D eigenvalue weighted by atomic mass is 16.8. The average molecular weight is 188 g/mol. The van der Waals surface area contributed by atoms with Crippen LogP contribution in [0.15, 0.2) is 12.2 Å². The zero-order valence-corrected chi connectivity index (χ0v) is 7.36. The molecular formula is C8H12O5. The number of aliphatic hydroxyl groups is 1. The first-order valence-corrected chi connectivity index (χ1v) is 3.87. The van der Waals surface area contributed by atoms with Crippen molar-refractivity contribution in [3.05, 3.63) is 12.2 Å². The first-order chi connectivity index (χ1) is 6.09. The third-order valence-electron chi connectivity index (χ3n) is 1.48. The molecule has 2 unspecified atom stereocenters. The van der Waals surface area contributed by atoms with Crippen molar-refractivity contribution in [3.8, 4) is 0 Å². The minimum absolute atomic E-state index is 0.0722. The largest absolute Gasteiger partial charge is 0.459 e. The highest BCUT2D eigenvalue weighted by molar-refractivity contribution is 5.86. The van der Waals surface area contributed by atoms with Crippen LogP contribution in [-0.4, -0.2) is 36.9 Å². The van der Waals surface area contributed by atoms with Crippen LogP contribution < -0.4 is 0 Å². The fourth-order valence-electron chi connectivity index (χ4n) is 0.812. The topological polar surface area (TPSA) is 65.0 Å². The molecule has 5 nitrogen and oxygen atoms in total. The fourth-order valence-corrected chi connectivity index (χ4v) is 0.812.